The lowest BCUT2D eigenvalue weighted by Crippen LogP contribution is -2.39. The number of aliphatic hydroxyl groups is 1. The molecule has 0 aliphatic carbocycles. The highest BCUT2D eigenvalue weighted by atomic mass is 35.5. The quantitative estimate of drug-likeness (QED) is 0.143. The average Bonchev–Trinajstić information content (AvgIpc) is 3.64. The van der Waals surface area contributed by atoms with E-state index in [1.165, 1.54) is 0 Å². The monoisotopic (exact) mass is 688 g/mol. The first-order chi connectivity index (χ1) is 23.2. The van der Waals surface area contributed by atoms with Crippen molar-refractivity contribution in [3.8, 4) is 39.5 Å². The van der Waals surface area contributed by atoms with Crippen LogP contribution >= 0.6 is 23.2 Å². The summed E-state index contributed by atoms with van der Waals surface area (Å²) >= 11 is 14.1. The Hall–Kier alpha value is -4.06. The van der Waals surface area contributed by atoms with E-state index in [1.54, 1.807) is 20.2 Å². The number of pyridine rings is 2. The molecule has 1 saturated heterocycles. The van der Waals surface area contributed by atoms with Gasteiger partial charge in [-0.25, -0.2) is 4.98 Å². The van der Waals surface area contributed by atoms with Crippen LogP contribution in [0.4, 0.5) is 0 Å². The van der Waals surface area contributed by atoms with Crippen molar-refractivity contribution >= 4 is 35.0 Å². The fourth-order valence-corrected chi connectivity index (χ4v) is 6.81. The Labute approximate surface area is 289 Å². The molecule has 48 heavy (non-hydrogen) atoms. The Morgan fingerprint density at radius 2 is 1.85 bits per heavy atom. The molecule has 6 rings (SSSR count). The highest BCUT2D eigenvalue weighted by molar-refractivity contribution is 6.39. The van der Waals surface area contributed by atoms with Crippen molar-refractivity contribution in [2.24, 2.45) is 0 Å². The number of aliphatic hydroxyl groups excluding tert-OH is 1. The number of carbonyl (C=O) groups is 2. The van der Waals surface area contributed by atoms with Gasteiger partial charge in [0, 0.05) is 91.3 Å². The Kier molecular flexibility index (Phi) is 10.6. The lowest BCUT2D eigenvalue weighted by Gasteiger charge is -2.17. The lowest BCUT2D eigenvalue weighted by atomic mass is 9.98. The second-order valence-corrected chi connectivity index (χ2v) is 12.9. The Balaban J connectivity index is 1.19. The van der Waals surface area contributed by atoms with E-state index in [1.807, 2.05) is 59.5 Å². The standard InChI is InChI=1S/C36H38Cl2N6O4/c1-21(45)17-40-18-23-7-10-30(43-35(23)48-2)29-5-3-4-27(32(29)37)28-12-13-41-34(33(28)38)22-6-9-26-24(16-22)20-44(36(26)47)15-14-39-19-25-8-11-31(46)42-25/h3-7,9-10,12-13,16,21,25,39-40,45H,8,11,14-15,17-20H2,1-2H3,(H,42,46)/t21?,25-/m0/s1. The van der Waals surface area contributed by atoms with Crippen LogP contribution in [0.3, 0.4) is 0 Å². The number of aromatic nitrogens is 2. The molecular formula is C36H38Cl2N6O4. The minimum absolute atomic E-state index is 0.00165. The van der Waals surface area contributed by atoms with Crippen LogP contribution < -0.4 is 20.7 Å². The Bertz CT molecular complexity index is 1830. The van der Waals surface area contributed by atoms with E-state index in [0.29, 0.717) is 78.6 Å². The SMILES string of the molecule is COc1nc(-c2cccc(-c3ccnc(-c4ccc5c(c4)CN(CCNC[C@@H]4CCC(=O)N4)C5=O)c3Cl)c2Cl)ccc1CNCC(C)O. The van der Waals surface area contributed by atoms with Crippen LogP contribution in [0.5, 0.6) is 5.88 Å². The van der Waals surface area contributed by atoms with Gasteiger partial charge in [-0.2, -0.15) is 0 Å². The summed E-state index contributed by atoms with van der Waals surface area (Å²) < 4.78 is 5.57. The van der Waals surface area contributed by atoms with Crippen molar-refractivity contribution in [2.75, 3.05) is 33.3 Å². The van der Waals surface area contributed by atoms with Gasteiger partial charge in [0.25, 0.3) is 5.91 Å². The van der Waals surface area contributed by atoms with Crippen LogP contribution in [0.2, 0.25) is 10.0 Å². The normalized spacial score (nSPS) is 16.3. The molecule has 1 unspecified atom stereocenters. The number of halogens is 2. The third-order valence-electron chi connectivity index (χ3n) is 8.63. The Morgan fingerprint density at radius 1 is 1.04 bits per heavy atom. The summed E-state index contributed by atoms with van der Waals surface area (Å²) in [5, 5.41) is 20.0. The molecular weight excluding hydrogens is 651 g/mol. The summed E-state index contributed by atoms with van der Waals surface area (Å²) in [6.07, 6.45) is 2.66. The number of amides is 2. The zero-order chi connectivity index (χ0) is 33.8. The molecule has 2 aromatic carbocycles. The van der Waals surface area contributed by atoms with Crippen LogP contribution in [0.1, 0.15) is 41.3 Å². The van der Waals surface area contributed by atoms with E-state index in [9.17, 15) is 14.7 Å². The fraction of sp³-hybridized carbons (Fsp3) is 0.333. The summed E-state index contributed by atoms with van der Waals surface area (Å²) in [6.45, 7) is 5.08. The molecule has 2 aliphatic rings. The van der Waals surface area contributed by atoms with Crippen molar-refractivity contribution in [2.45, 2.75) is 45.0 Å². The molecule has 2 aliphatic heterocycles. The molecule has 0 radical (unpaired) electrons. The third kappa shape index (κ3) is 7.33. The largest absolute Gasteiger partial charge is 0.481 e. The molecule has 2 aromatic heterocycles. The number of hydrogen-bond donors (Lipinski definition) is 4. The average molecular weight is 690 g/mol. The van der Waals surface area contributed by atoms with E-state index >= 15 is 0 Å². The maximum Gasteiger partial charge on any atom is 0.254 e. The summed E-state index contributed by atoms with van der Waals surface area (Å²) in [7, 11) is 1.57. The topological polar surface area (TPSA) is 129 Å². The number of nitrogens with one attached hydrogen (secondary N) is 3. The molecule has 2 amide bonds. The molecule has 0 saturated carbocycles. The van der Waals surface area contributed by atoms with Gasteiger partial charge in [-0.05, 0) is 43.2 Å². The molecule has 12 heteroatoms. The van der Waals surface area contributed by atoms with Crippen molar-refractivity contribution in [3.63, 3.8) is 0 Å². The number of fused-ring (bicyclic) bond motifs is 1. The van der Waals surface area contributed by atoms with E-state index in [2.05, 4.69) is 20.9 Å². The van der Waals surface area contributed by atoms with Crippen LogP contribution in [-0.2, 0) is 17.9 Å². The molecule has 4 heterocycles. The predicted molar refractivity (Wildman–Crippen MR) is 187 cm³/mol. The lowest BCUT2D eigenvalue weighted by molar-refractivity contribution is -0.119. The number of nitrogens with zero attached hydrogens (tertiary/aromatic N) is 3. The minimum Gasteiger partial charge on any atom is -0.481 e. The minimum atomic E-state index is -0.458. The van der Waals surface area contributed by atoms with Crippen LogP contribution in [0, 0.1) is 0 Å². The number of benzene rings is 2. The second-order valence-electron chi connectivity index (χ2n) is 12.1. The van der Waals surface area contributed by atoms with Gasteiger partial charge < -0.3 is 30.7 Å². The maximum absolute atomic E-state index is 13.1. The fourth-order valence-electron chi connectivity index (χ4n) is 6.17. The van der Waals surface area contributed by atoms with Crippen molar-refractivity contribution < 1.29 is 19.4 Å². The molecule has 0 bridgehead atoms. The predicted octanol–water partition coefficient (Wildman–Crippen LogP) is 5.09. The molecule has 1 fully saturated rings. The first-order valence-electron chi connectivity index (χ1n) is 16.0. The highest BCUT2D eigenvalue weighted by Crippen LogP contribution is 2.42. The van der Waals surface area contributed by atoms with Crippen molar-refractivity contribution in [3.05, 3.63) is 87.5 Å². The van der Waals surface area contributed by atoms with E-state index in [0.717, 1.165) is 39.8 Å². The smallest absolute Gasteiger partial charge is 0.254 e. The first-order valence-corrected chi connectivity index (χ1v) is 16.8. The van der Waals surface area contributed by atoms with Gasteiger partial charge in [0.05, 0.1) is 34.6 Å². The molecule has 2 atom stereocenters. The first kappa shape index (κ1) is 33.8. The van der Waals surface area contributed by atoms with Gasteiger partial charge in [-0.15, -0.1) is 0 Å². The number of hydrogen-bond acceptors (Lipinski definition) is 8. The van der Waals surface area contributed by atoms with Gasteiger partial charge in [0.1, 0.15) is 0 Å². The zero-order valence-electron chi connectivity index (χ0n) is 26.9. The summed E-state index contributed by atoms with van der Waals surface area (Å²) in [5.74, 6) is 0.567. The van der Waals surface area contributed by atoms with Crippen LogP contribution in [0.25, 0.3) is 33.6 Å². The van der Waals surface area contributed by atoms with Crippen molar-refractivity contribution in [1.29, 1.82) is 0 Å². The summed E-state index contributed by atoms with van der Waals surface area (Å²) in [4.78, 5) is 35.7. The Morgan fingerprint density at radius 3 is 2.62 bits per heavy atom. The molecule has 4 N–H and O–H groups in total. The van der Waals surface area contributed by atoms with Gasteiger partial charge in [-0.1, -0.05) is 53.5 Å². The van der Waals surface area contributed by atoms with E-state index in [-0.39, 0.29) is 17.9 Å². The molecule has 4 aromatic rings. The van der Waals surface area contributed by atoms with Crippen LogP contribution in [0.15, 0.2) is 60.8 Å². The van der Waals surface area contributed by atoms with E-state index < -0.39 is 6.10 Å². The summed E-state index contributed by atoms with van der Waals surface area (Å²) in [6, 6.07) is 17.3. The number of rotatable bonds is 13. The maximum atomic E-state index is 13.1. The second kappa shape index (κ2) is 15.0. The zero-order valence-corrected chi connectivity index (χ0v) is 28.4. The highest BCUT2D eigenvalue weighted by Gasteiger charge is 2.28. The molecule has 10 nitrogen and oxygen atoms in total. The van der Waals surface area contributed by atoms with Gasteiger partial charge >= 0.3 is 0 Å². The van der Waals surface area contributed by atoms with Gasteiger partial charge in [-0.3, -0.25) is 14.6 Å². The van der Waals surface area contributed by atoms with Crippen LogP contribution in [-0.4, -0.2) is 77.2 Å². The van der Waals surface area contributed by atoms with Gasteiger partial charge in [0.2, 0.25) is 11.8 Å². The summed E-state index contributed by atoms with van der Waals surface area (Å²) in [5.41, 5.74) is 6.71. The van der Waals surface area contributed by atoms with Crippen molar-refractivity contribution in [1.82, 2.24) is 30.8 Å². The number of carbonyl (C=O) groups excluding carboxylic acids is 2. The number of ether oxygens (including phenoxy) is 1. The third-order valence-corrected chi connectivity index (χ3v) is 9.42. The molecule has 0 spiro atoms. The van der Waals surface area contributed by atoms with Gasteiger partial charge in [0.15, 0.2) is 0 Å². The van der Waals surface area contributed by atoms with E-state index in [4.69, 9.17) is 32.9 Å². The number of methoxy groups -OCH3 is 1. The molecule has 250 valence electrons.